The fourth-order valence-electron chi connectivity index (χ4n) is 4.07. The number of nitrogens with zero attached hydrogens (tertiary/aromatic N) is 5. The summed E-state index contributed by atoms with van der Waals surface area (Å²) in [4.78, 5) is 14.9. The number of carbonyl (C=O) groups is 1. The van der Waals surface area contributed by atoms with E-state index in [0.29, 0.717) is 41.3 Å². The van der Waals surface area contributed by atoms with Gasteiger partial charge in [-0.2, -0.15) is 17.7 Å². The van der Waals surface area contributed by atoms with Crippen LogP contribution in [0.4, 0.5) is 19.0 Å². The second kappa shape index (κ2) is 9.17. The molecule has 33 heavy (non-hydrogen) atoms. The SMILES string of the molecule is CC(C)C(NC(=O)C1CCN(c2ccc3nnc(C(F)(F)F)n3n2)CC1)c1ccc(Cl)cc1. The summed E-state index contributed by atoms with van der Waals surface area (Å²) in [7, 11) is 0. The number of hydrogen-bond donors (Lipinski definition) is 1. The Morgan fingerprint density at radius 2 is 1.76 bits per heavy atom. The summed E-state index contributed by atoms with van der Waals surface area (Å²) in [6.07, 6.45) is -3.50. The molecule has 0 aliphatic carbocycles. The predicted molar refractivity (Wildman–Crippen MR) is 118 cm³/mol. The molecule has 1 amide bonds. The number of aromatic nitrogens is 4. The van der Waals surface area contributed by atoms with E-state index in [-0.39, 0.29) is 29.4 Å². The molecular weight excluding hydrogens is 457 g/mol. The average Bonchev–Trinajstić information content (AvgIpc) is 3.22. The summed E-state index contributed by atoms with van der Waals surface area (Å²) in [6, 6.07) is 10.4. The van der Waals surface area contributed by atoms with Gasteiger partial charge < -0.3 is 10.2 Å². The topological polar surface area (TPSA) is 75.4 Å². The zero-order valence-corrected chi connectivity index (χ0v) is 18.9. The Kier molecular flexibility index (Phi) is 6.47. The largest absolute Gasteiger partial charge is 0.453 e. The van der Waals surface area contributed by atoms with Crippen LogP contribution in [0, 0.1) is 11.8 Å². The molecule has 0 bridgehead atoms. The fraction of sp³-hybridized carbons (Fsp3) is 0.455. The summed E-state index contributed by atoms with van der Waals surface area (Å²) in [5.41, 5.74) is 1.02. The number of carbonyl (C=O) groups excluding carboxylic acids is 1. The first-order chi connectivity index (χ1) is 15.6. The van der Waals surface area contributed by atoms with Crippen LogP contribution in [0.15, 0.2) is 36.4 Å². The standard InChI is InChI=1S/C22H24ClF3N6O/c1-13(2)19(14-3-5-16(23)6-4-14)27-20(33)15-9-11-31(12-10-15)18-8-7-17-28-29-21(22(24,25)26)32(17)30-18/h3-8,13,15,19H,9-12H2,1-2H3,(H,27,33). The van der Waals surface area contributed by atoms with Crippen LogP contribution < -0.4 is 10.2 Å². The third-order valence-electron chi connectivity index (χ3n) is 5.89. The smallest absolute Gasteiger partial charge is 0.355 e. The molecular formula is C22H24ClF3N6O. The van der Waals surface area contributed by atoms with Crippen molar-refractivity contribution in [3.05, 3.63) is 52.8 Å². The predicted octanol–water partition coefficient (Wildman–Crippen LogP) is 4.53. The Hall–Kier alpha value is -2.88. The van der Waals surface area contributed by atoms with Gasteiger partial charge in [0.25, 0.3) is 5.82 Å². The monoisotopic (exact) mass is 480 g/mol. The van der Waals surface area contributed by atoms with Crippen LogP contribution in [-0.4, -0.2) is 38.8 Å². The van der Waals surface area contributed by atoms with E-state index in [2.05, 4.69) is 20.6 Å². The van der Waals surface area contributed by atoms with Crippen molar-refractivity contribution in [2.24, 2.45) is 11.8 Å². The van der Waals surface area contributed by atoms with Crippen LogP contribution >= 0.6 is 11.6 Å². The van der Waals surface area contributed by atoms with E-state index in [4.69, 9.17) is 11.6 Å². The normalized spacial score (nSPS) is 16.4. The number of rotatable bonds is 5. The Labute approximate surface area is 193 Å². The van der Waals surface area contributed by atoms with Crippen LogP contribution in [0.2, 0.25) is 5.02 Å². The summed E-state index contributed by atoms with van der Waals surface area (Å²) >= 11 is 5.98. The number of benzene rings is 1. The maximum absolute atomic E-state index is 13.1. The van der Waals surface area contributed by atoms with Crippen molar-refractivity contribution in [2.75, 3.05) is 18.0 Å². The second-order valence-electron chi connectivity index (χ2n) is 8.53. The summed E-state index contributed by atoms with van der Waals surface area (Å²) in [5.74, 6) is -0.773. The van der Waals surface area contributed by atoms with E-state index in [1.54, 1.807) is 18.2 Å². The van der Waals surface area contributed by atoms with Gasteiger partial charge in [-0.1, -0.05) is 37.6 Å². The van der Waals surface area contributed by atoms with Gasteiger partial charge in [-0.25, -0.2) is 0 Å². The highest BCUT2D eigenvalue weighted by Gasteiger charge is 2.38. The number of alkyl halides is 3. The first-order valence-corrected chi connectivity index (χ1v) is 11.1. The van der Waals surface area contributed by atoms with E-state index in [9.17, 15) is 18.0 Å². The number of fused-ring (bicyclic) bond motifs is 1. The minimum absolute atomic E-state index is 0.0233. The van der Waals surface area contributed by atoms with Gasteiger partial charge in [-0.05, 0) is 48.6 Å². The molecule has 1 saturated heterocycles. The minimum Gasteiger partial charge on any atom is -0.355 e. The molecule has 1 aromatic carbocycles. The Morgan fingerprint density at radius 1 is 1.09 bits per heavy atom. The van der Waals surface area contributed by atoms with Crippen molar-refractivity contribution in [1.29, 1.82) is 0 Å². The molecule has 11 heteroatoms. The Morgan fingerprint density at radius 3 is 2.36 bits per heavy atom. The zero-order chi connectivity index (χ0) is 23.8. The summed E-state index contributed by atoms with van der Waals surface area (Å²) in [5, 5.41) is 14.6. The van der Waals surface area contributed by atoms with Gasteiger partial charge in [0.2, 0.25) is 5.91 Å². The van der Waals surface area contributed by atoms with Gasteiger partial charge in [0.1, 0.15) is 5.82 Å². The molecule has 2 aromatic heterocycles. The number of amides is 1. The van der Waals surface area contributed by atoms with Crippen molar-refractivity contribution in [3.63, 3.8) is 0 Å². The molecule has 1 atom stereocenters. The minimum atomic E-state index is -4.65. The third kappa shape index (κ3) is 5.05. The number of halogens is 4. The lowest BCUT2D eigenvalue weighted by Gasteiger charge is -2.33. The second-order valence-corrected chi connectivity index (χ2v) is 8.96. The van der Waals surface area contributed by atoms with Gasteiger partial charge >= 0.3 is 6.18 Å². The molecule has 1 N–H and O–H groups in total. The Balaban J connectivity index is 1.42. The molecule has 3 aromatic rings. The van der Waals surface area contributed by atoms with Gasteiger partial charge in [0, 0.05) is 24.0 Å². The maximum atomic E-state index is 13.1. The molecule has 1 unspecified atom stereocenters. The highest BCUT2D eigenvalue weighted by molar-refractivity contribution is 6.30. The lowest BCUT2D eigenvalue weighted by molar-refractivity contribution is -0.146. The molecule has 1 aliphatic rings. The van der Waals surface area contributed by atoms with E-state index in [0.717, 1.165) is 5.56 Å². The van der Waals surface area contributed by atoms with Crippen molar-refractivity contribution < 1.29 is 18.0 Å². The first-order valence-electron chi connectivity index (χ1n) is 10.7. The van der Waals surface area contributed by atoms with Gasteiger partial charge in [0.15, 0.2) is 5.65 Å². The molecule has 176 valence electrons. The highest BCUT2D eigenvalue weighted by Crippen LogP contribution is 2.29. The molecule has 3 heterocycles. The molecule has 1 fully saturated rings. The quantitative estimate of drug-likeness (QED) is 0.581. The van der Waals surface area contributed by atoms with Crippen molar-refractivity contribution >= 4 is 29.0 Å². The first kappa shape index (κ1) is 23.3. The maximum Gasteiger partial charge on any atom is 0.453 e. The molecule has 0 saturated carbocycles. The van der Waals surface area contributed by atoms with Crippen LogP contribution in [0.25, 0.3) is 5.65 Å². The van der Waals surface area contributed by atoms with Crippen LogP contribution in [0.5, 0.6) is 0 Å². The molecule has 1 aliphatic heterocycles. The van der Waals surface area contributed by atoms with E-state index < -0.39 is 12.0 Å². The van der Waals surface area contributed by atoms with Gasteiger partial charge in [0.05, 0.1) is 6.04 Å². The van der Waals surface area contributed by atoms with E-state index in [1.807, 2.05) is 30.9 Å². The number of piperidine rings is 1. The summed E-state index contributed by atoms with van der Waals surface area (Å²) in [6.45, 7) is 5.11. The fourth-order valence-corrected chi connectivity index (χ4v) is 4.20. The van der Waals surface area contributed by atoms with Crippen molar-refractivity contribution in [3.8, 4) is 0 Å². The third-order valence-corrected chi connectivity index (χ3v) is 6.14. The number of hydrogen-bond acceptors (Lipinski definition) is 5. The average molecular weight is 481 g/mol. The number of nitrogens with one attached hydrogen (secondary N) is 1. The van der Waals surface area contributed by atoms with Crippen molar-refractivity contribution in [2.45, 2.75) is 38.9 Å². The van der Waals surface area contributed by atoms with E-state index >= 15 is 0 Å². The molecule has 7 nitrogen and oxygen atoms in total. The molecule has 4 rings (SSSR count). The molecule has 0 radical (unpaired) electrons. The van der Waals surface area contributed by atoms with Gasteiger partial charge in [-0.3, -0.25) is 4.79 Å². The van der Waals surface area contributed by atoms with Crippen LogP contribution in [0.3, 0.4) is 0 Å². The lowest BCUT2D eigenvalue weighted by atomic mass is 9.92. The Bertz CT molecular complexity index is 1120. The molecule has 0 spiro atoms. The van der Waals surface area contributed by atoms with Crippen LogP contribution in [0.1, 0.15) is 44.1 Å². The van der Waals surface area contributed by atoms with E-state index in [1.165, 1.54) is 6.07 Å². The van der Waals surface area contributed by atoms with Crippen LogP contribution in [-0.2, 0) is 11.0 Å². The van der Waals surface area contributed by atoms with Gasteiger partial charge in [-0.15, -0.1) is 15.3 Å². The zero-order valence-electron chi connectivity index (χ0n) is 18.2. The highest BCUT2D eigenvalue weighted by atomic mass is 35.5. The van der Waals surface area contributed by atoms with Crippen molar-refractivity contribution in [1.82, 2.24) is 25.1 Å². The number of anilines is 1. The lowest BCUT2D eigenvalue weighted by Crippen LogP contribution is -2.42. The summed E-state index contributed by atoms with van der Waals surface area (Å²) < 4.78 is 40.1.